The SMILES string of the molecule is CNc1nc(N)nc(OCOCO)c1N. The summed E-state index contributed by atoms with van der Waals surface area (Å²) in [5.41, 5.74) is 11.3. The van der Waals surface area contributed by atoms with Gasteiger partial charge in [-0.15, -0.1) is 0 Å². The number of aliphatic hydroxyl groups excluding tert-OH is 1. The first-order chi connectivity index (χ1) is 7.19. The molecule has 1 rings (SSSR count). The number of aromatic nitrogens is 2. The molecule has 8 heteroatoms. The van der Waals surface area contributed by atoms with Gasteiger partial charge in [-0.3, -0.25) is 0 Å². The molecule has 8 nitrogen and oxygen atoms in total. The Bertz CT molecular complexity index is 333. The second-order valence-corrected chi connectivity index (χ2v) is 2.49. The maximum absolute atomic E-state index is 8.37. The Labute approximate surface area is 86.2 Å². The van der Waals surface area contributed by atoms with E-state index in [1.54, 1.807) is 7.05 Å². The lowest BCUT2D eigenvalue weighted by Gasteiger charge is -2.10. The second-order valence-electron chi connectivity index (χ2n) is 2.49. The highest BCUT2D eigenvalue weighted by molar-refractivity contribution is 5.68. The fourth-order valence-electron chi connectivity index (χ4n) is 0.901. The van der Waals surface area contributed by atoms with Gasteiger partial charge >= 0.3 is 0 Å². The van der Waals surface area contributed by atoms with Crippen LogP contribution in [0.3, 0.4) is 0 Å². The fraction of sp³-hybridized carbons (Fsp3) is 0.429. The number of rotatable bonds is 5. The Morgan fingerprint density at radius 1 is 1.40 bits per heavy atom. The van der Waals surface area contributed by atoms with Crippen molar-refractivity contribution in [2.24, 2.45) is 0 Å². The van der Waals surface area contributed by atoms with E-state index in [1.165, 1.54) is 0 Å². The number of aliphatic hydroxyl groups is 1. The third-order valence-electron chi connectivity index (χ3n) is 1.54. The van der Waals surface area contributed by atoms with Crippen molar-refractivity contribution in [1.82, 2.24) is 9.97 Å². The zero-order valence-corrected chi connectivity index (χ0v) is 8.23. The molecule has 84 valence electrons. The Kier molecular flexibility index (Phi) is 3.89. The molecule has 1 aromatic heterocycles. The molecular weight excluding hydrogens is 202 g/mol. The van der Waals surface area contributed by atoms with Crippen LogP contribution < -0.4 is 21.5 Å². The summed E-state index contributed by atoms with van der Waals surface area (Å²) < 4.78 is 9.58. The van der Waals surface area contributed by atoms with Gasteiger partial charge in [0.15, 0.2) is 12.6 Å². The summed E-state index contributed by atoms with van der Waals surface area (Å²) in [6, 6.07) is 0. The van der Waals surface area contributed by atoms with Crippen LogP contribution in [0.5, 0.6) is 5.88 Å². The molecule has 0 aliphatic carbocycles. The number of nitrogens with two attached hydrogens (primary N) is 2. The molecule has 0 spiro atoms. The highest BCUT2D eigenvalue weighted by atomic mass is 16.7. The maximum atomic E-state index is 8.37. The predicted molar refractivity (Wildman–Crippen MR) is 54.1 cm³/mol. The monoisotopic (exact) mass is 215 g/mol. The molecular formula is C7H13N5O3. The van der Waals surface area contributed by atoms with E-state index < -0.39 is 6.79 Å². The highest BCUT2D eigenvalue weighted by Gasteiger charge is 2.10. The van der Waals surface area contributed by atoms with Crippen LogP contribution in [0.1, 0.15) is 0 Å². The van der Waals surface area contributed by atoms with E-state index in [0.717, 1.165) is 0 Å². The van der Waals surface area contributed by atoms with Crippen molar-refractivity contribution in [3.8, 4) is 5.88 Å². The van der Waals surface area contributed by atoms with E-state index >= 15 is 0 Å². The van der Waals surface area contributed by atoms with Gasteiger partial charge in [-0.05, 0) is 0 Å². The summed E-state index contributed by atoms with van der Waals surface area (Å²) in [5, 5.41) is 11.1. The summed E-state index contributed by atoms with van der Waals surface area (Å²) >= 11 is 0. The largest absolute Gasteiger partial charge is 0.449 e. The van der Waals surface area contributed by atoms with Crippen LogP contribution in [0.4, 0.5) is 17.5 Å². The van der Waals surface area contributed by atoms with Crippen LogP contribution >= 0.6 is 0 Å². The normalized spacial score (nSPS) is 10.0. The smallest absolute Gasteiger partial charge is 0.246 e. The van der Waals surface area contributed by atoms with E-state index in [-0.39, 0.29) is 24.3 Å². The molecule has 1 aromatic rings. The number of nitrogen functional groups attached to an aromatic ring is 2. The highest BCUT2D eigenvalue weighted by Crippen LogP contribution is 2.26. The van der Waals surface area contributed by atoms with Gasteiger partial charge in [-0.25, -0.2) is 0 Å². The first-order valence-electron chi connectivity index (χ1n) is 4.11. The van der Waals surface area contributed by atoms with Crippen molar-refractivity contribution >= 4 is 17.5 Å². The van der Waals surface area contributed by atoms with Crippen molar-refractivity contribution < 1.29 is 14.6 Å². The predicted octanol–water partition coefficient (Wildman–Crippen LogP) is -1.01. The van der Waals surface area contributed by atoms with Crippen molar-refractivity contribution in [3.63, 3.8) is 0 Å². The van der Waals surface area contributed by atoms with Crippen LogP contribution in [0.25, 0.3) is 0 Å². The van der Waals surface area contributed by atoms with Crippen LogP contribution in [0.15, 0.2) is 0 Å². The van der Waals surface area contributed by atoms with Gasteiger partial charge in [0.25, 0.3) is 0 Å². The molecule has 6 N–H and O–H groups in total. The Morgan fingerprint density at radius 3 is 2.73 bits per heavy atom. The van der Waals surface area contributed by atoms with Gasteiger partial charge in [0, 0.05) is 7.05 Å². The third-order valence-corrected chi connectivity index (χ3v) is 1.54. The summed E-state index contributed by atoms with van der Waals surface area (Å²) in [6.45, 7) is -0.611. The molecule has 0 atom stereocenters. The van der Waals surface area contributed by atoms with Crippen molar-refractivity contribution in [3.05, 3.63) is 0 Å². The molecule has 0 fully saturated rings. The molecule has 0 bridgehead atoms. The van der Waals surface area contributed by atoms with Gasteiger partial charge in [-0.2, -0.15) is 9.97 Å². The number of anilines is 3. The van der Waals surface area contributed by atoms with Crippen molar-refractivity contribution in [2.75, 3.05) is 37.4 Å². The first kappa shape index (κ1) is 11.3. The lowest BCUT2D eigenvalue weighted by atomic mass is 10.4. The number of ether oxygens (including phenoxy) is 2. The molecule has 0 aliphatic rings. The molecule has 0 aliphatic heterocycles. The van der Waals surface area contributed by atoms with E-state index in [1.807, 2.05) is 0 Å². The van der Waals surface area contributed by atoms with E-state index in [4.69, 9.17) is 21.3 Å². The Balaban J connectivity index is 2.81. The van der Waals surface area contributed by atoms with Crippen molar-refractivity contribution in [2.45, 2.75) is 0 Å². The Hall–Kier alpha value is -1.80. The number of nitrogens with one attached hydrogen (secondary N) is 1. The average molecular weight is 215 g/mol. The van der Waals surface area contributed by atoms with E-state index in [2.05, 4.69) is 20.0 Å². The van der Waals surface area contributed by atoms with Crippen LogP contribution in [0, 0.1) is 0 Å². The van der Waals surface area contributed by atoms with Gasteiger partial charge in [0.1, 0.15) is 12.5 Å². The minimum atomic E-state index is -0.445. The summed E-state index contributed by atoms with van der Waals surface area (Å²) in [7, 11) is 1.64. The molecule has 0 saturated heterocycles. The fourth-order valence-corrected chi connectivity index (χ4v) is 0.901. The quantitative estimate of drug-likeness (QED) is 0.363. The molecule has 0 aromatic carbocycles. The molecule has 0 unspecified atom stereocenters. The summed E-state index contributed by atoms with van der Waals surface area (Å²) in [4.78, 5) is 7.61. The maximum Gasteiger partial charge on any atom is 0.246 e. The van der Waals surface area contributed by atoms with Crippen LogP contribution in [-0.2, 0) is 4.74 Å². The van der Waals surface area contributed by atoms with E-state index in [9.17, 15) is 0 Å². The number of hydrogen-bond acceptors (Lipinski definition) is 8. The van der Waals surface area contributed by atoms with Gasteiger partial charge < -0.3 is 31.4 Å². The zero-order chi connectivity index (χ0) is 11.3. The molecule has 0 radical (unpaired) electrons. The topological polar surface area (TPSA) is 129 Å². The minimum absolute atomic E-state index is 0.0348. The van der Waals surface area contributed by atoms with Gasteiger partial charge in [0.05, 0.1) is 0 Å². The standard InChI is InChI=1S/C7H13N5O3/c1-10-5-4(8)6(12-7(9)11-5)15-3-14-2-13/h13H,2-3,8H2,1H3,(H3,9,10,11,12). The molecule has 1 heterocycles. The third kappa shape index (κ3) is 2.82. The van der Waals surface area contributed by atoms with Gasteiger partial charge in [-0.1, -0.05) is 0 Å². The van der Waals surface area contributed by atoms with Crippen LogP contribution in [0.2, 0.25) is 0 Å². The molecule has 0 amide bonds. The first-order valence-corrected chi connectivity index (χ1v) is 4.11. The van der Waals surface area contributed by atoms with Crippen molar-refractivity contribution in [1.29, 1.82) is 0 Å². The van der Waals surface area contributed by atoms with Gasteiger partial charge in [0.2, 0.25) is 11.8 Å². The lowest BCUT2D eigenvalue weighted by molar-refractivity contribution is -0.0663. The average Bonchev–Trinajstić information content (AvgIpc) is 2.23. The molecule has 15 heavy (non-hydrogen) atoms. The number of nitrogens with zero attached hydrogens (tertiary/aromatic N) is 2. The minimum Gasteiger partial charge on any atom is -0.449 e. The second kappa shape index (κ2) is 5.17. The van der Waals surface area contributed by atoms with E-state index in [0.29, 0.717) is 5.82 Å². The molecule has 0 saturated carbocycles. The summed E-state index contributed by atoms with van der Waals surface area (Å²) in [5.74, 6) is 0.523. The number of hydrogen-bond donors (Lipinski definition) is 4. The zero-order valence-electron chi connectivity index (χ0n) is 8.23. The van der Waals surface area contributed by atoms with Crippen LogP contribution in [-0.4, -0.2) is 35.7 Å². The summed E-state index contributed by atoms with van der Waals surface area (Å²) in [6.07, 6.45) is 0. The Morgan fingerprint density at radius 2 is 2.13 bits per heavy atom. The lowest BCUT2D eigenvalue weighted by Crippen LogP contribution is -2.10.